The third kappa shape index (κ3) is 1.93. The summed E-state index contributed by atoms with van der Waals surface area (Å²) in [6.07, 6.45) is 5.21. The summed E-state index contributed by atoms with van der Waals surface area (Å²) < 4.78 is 0. The number of hydrogen-bond acceptors (Lipinski definition) is 2. The van der Waals surface area contributed by atoms with E-state index in [4.69, 9.17) is 0 Å². The summed E-state index contributed by atoms with van der Waals surface area (Å²) in [5.74, 6) is 0.186. The van der Waals surface area contributed by atoms with Crippen LogP contribution >= 0.6 is 0 Å². The molecule has 0 atom stereocenters. The highest BCUT2D eigenvalue weighted by molar-refractivity contribution is 5.89. The zero-order chi connectivity index (χ0) is 11.6. The van der Waals surface area contributed by atoms with Crippen LogP contribution in [-0.2, 0) is 9.59 Å². The third-order valence-electron chi connectivity index (χ3n) is 4.02. The minimum absolute atomic E-state index is 0.0242. The van der Waals surface area contributed by atoms with Gasteiger partial charge in [-0.15, -0.1) is 0 Å². The molecule has 0 aromatic heterocycles. The maximum absolute atomic E-state index is 12.4. The predicted molar refractivity (Wildman–Crippen MR) is 60.8 cm³/mol. The first-order valence-corrected chi connectivity index (χ1v) is 6.24. The number of nitrogens with zero attached hydrogens (tertiary/aromatic N) is 1. The van der Waals surface area contributed by atoms with Crippen molar-refractivity contribution in [2.45, 2.75) is 39.0 Å². The molecule has 0 bridgehead atoms. The molecule has 1 N–H and O–H groups in total. The quantitative estimate of drug-likeness (QED) is 0.758. The first kappa shape index (κ1) is 11.4. The summed E-state index contributed by atoms with van der Waals surface area (Å²) in [5.41, 5.74) is -0.155. The number of hydrogen-bond donors (Lipinski definition) is 1. The number of rotatable bonds is 2. The lowest BCUT2D eigenvalue weighted by molar-refractivity contribution is -0.146. The molecule has 1 heterocycles. The Morgan fingerprint density at radius 2 is 2.12 bits per heavy atom. The fourth-order valence-electron chi connectivity index (χ4n) is 2.92. The van der Waals surface area contributed by atoms with Crippen LogP contribution in [0.5, 0.6) is 0 Å². The van der Waals surface area contributed by atoms with Crippen molar-refractivity contribution in [2.75, 3.05) is 19.6 Å². The minimum Gasteiger partial charge on any atom is -0.353 e. The zero-order valence-electron chi connectivity index (χ0n) is 9.92. The predicted octanol–water partition coefficient (Wildman–Crippen LogP) is 0.915. The van der Waals surface area contributed by atoms with E-state index in [9.17, 15) is 9.59 Å². The van der Waals surface area contributed by atoms with E-state index in [0.29, 0.717) is 13.1 Å². The molecule has 2 fully saturated rings. The molecule has 0 spiro atoms. The lowest BCUT2D eigenvalue weighted by Crippen LogP contribution is -2.53. The summed E-state index contributed by atoms with van der Waals surface area (Å²) in [4.78, 5) is 25.5. The SMILES string of the molecule is CCC1(C(=O)N2CCNC(=O)C2)CCCC1. The Balaban J connectivity index is 2.07. The Bertz CT molecular complexity index is 295. The van der Waals surface area contributed by atoms with Gasteiger partial charge in [-0.3, -0.25) is 9.59 Å². The van der Waals surface area contributed by atoms with Crippen molar-refractivity contribution < 1.29 is 9.59 Å². The largest absolute Gasteiger partial charge is 0.353 e. The Morgan fingerprint density at radius 1 is 1.44 bits per heavy atom. The Hall–Kier alpha value is -1.06. The van der Waals surface area contributed by atoms with E-state index >= 15 is 0 Å². The molecule has 2 aliphatic rings. The zero-order valence-corrected chi connectivity index (χ0v) is 9.92. The van der Waals surface area contributed by atoms with Gasteiger partial charge in [0, 0.05) is 18.5 Å². The summed E-state index contributed by atoms with van der Waals surface area (Å²) in [5, 5.41) is 2.76. The number of nitrogens with one attached hydrogen (secondary N) is 1. The summed E-state index contributed by atoms with van der Waals surface area (Å²) in [6.45, 7) is 3.62. The molecule has 0 radical (unpaired) electrons. The van der Waals surface area contributed by atoms with Gasteiger partial charge >= 0.3 is 0 Å². The van der Waals surface area contributed by atoms with Crippen LogP contribution < -0.4 is 5.32 Å². The Kier molecular flexibility index (Phi) is 3.17. The molecule has 0 aromatic carbocycles. The van der Waals surface area contributed by atoms with E-state index in [2.05, 4.69) is 12.2 Å². The fourth-order valence-corrected chi connectivity index (χ4v) is 2.92. The summed E-state index contributed by atoms with van der Waals surface area (Å²) >= 11 is 0. The number of carbonyl (C=O) groups is 2. The van der Waals surface area contributed by atoms with Crippen LogP contribution in [0, 0.1) is 5.41 Å². The molecular weight excluding hydrogens is 204 g/mol. The highest BCUT2D eigenvalue weighted by Gasteiger charge is 2.42. The van der Waals surface area contributed by atoms with Crippen molar-refractivity contribution in [2.24, 2.45) is 5.41 Å². The lowest BCUT2D eigenvalue weighted by atomic mass is 9.81. The van der Waals surface area contributed by atoms with E-state index in [1.54, 1.807) is 4.90 Å². The van der Waals surface area contributed by atoms with Crippen molar-refractivity contribution >= 4 is 11.8 Å². The molecule has 1 saturated heterocycles. The van der Waals surface area contributed by atoms with Gasteiger partial charge in [0.15, 0.2) is 0 Å². The van der Waals surface area contributed by atoms with Crippen LogP contribution in [0.15, 0.2) is 0 Å². The highest BCUT2D eigenvalue weighted by Crippen LogP contribution is 2.42. The lowest BCUT2D eigenvalue weighted by Gasteiger charge is -2.35. The van der Waals surface area contributed by atoms with Crippen molar-refractivity contribution in [3.8, 4) is 0 Å². The second-order valence-corrected chi connectivity index (χ2v) is 4.92. The fraction of sp³-hybridized carbons (Fsp3) is 0.833. The van der Waals surface area contributed by atoms with E-state index in [0.717, 1.165) is 32.1 Å². The second kappa shape index (κ2) is 4.44. The monoisotopic (exact) mass is 224 g/mol. The van der Waals surface area contributed by atoms with Crippen LogP contribution in [0.2, 0.25) is 0 Å². The standard InChI is InChI=1S/C12H20N2O2/c1-2-12(5-3-4-6-12)11(16)14-8-7-13-10(15)9-14/h2-9H2,1H3,(H,13,15). The van der Waals surface area contributed by atoms with Gasteiger partial charge < -0.3 is 10.2 Å². The third-order valence-corrected chi connectivity index (χ3v) is 4.02. The van der Waals surface area contributed by atoms with Gasteiger partial charge in [-0.1, -0.05) is 19.8 Å². The van der Waals surface area contributed by atoms with Gasteiger partial charge in [0.05, 0.1) is 6.54 Å². The topological polar surface area (TPSA) is 49.4 Å². The average Bonchev–Trinajstić information content (AvgIpc) is 2.78. The van der Waals surface area contributed by atoms with E-state index in [-0.39, 0.29) is 23.8 Å². The van der Waals surface area contributed by atoms with Gasteiger partial charge in [0.2, 0.25) is 11.8 Å². The van der Waals surface area contributed by atoms with E-state index in [1.807, 2.05) is 0 Å². The molecule has 16 heavy (non-hydrogen) atoms. The molecule has 0 aromatic rings. The van der Waals surface area contributed by atoms with Crippen LogP contribution in [0.4, 0.5) is 0 Å². The average molecular weight is 224 g/mol. The normalized spacial score (nSPS) is 24.3. The first-order valence-electron chi connectivity index (χ1n) is 6.24. The van der Waals surface area contributed by atoms with Gasteiger partial charge in [-0.05, 0) is 19.3 Å². The van der Waals surface area contributed by atoms with Crippen LogP contribution in [0.25, 0.3) is 0 Å². The molecular formula is C12H20N2O2. The molecule has 2 amide bonds. The van der Waals surface area contributed by atoms with E-state index < -0.39 is 0 Å². The van der Waals surface area contributed by atoms with Crippen molar-refractivity contribution in [3.05, 3.63) is 0 Å². The van der Waals surface area contributed by atoms with Gasteiger partial charge in [-0.2, -0.15) is 0 Å². The molecule has 1 aliphatic heterocycles. The van der Waals surface area contributed by atoms with Gasteiger partial charge in [-0.25, -0.2) is 0 Å². The second-order valence-electron chi connectivity index (χ2n) is 4.92. The van der Waals surface area contributed by atoms with Crippen LogP contribution in [0.1, 0.15) is 39.0 Å². The molecule has 1 saturated carbocycles. The van der Waals surface area contributed by atoms with Crippen LogP contribution in [0.3, 0.4) is 0 Å². The van der Waals surface area contributed by atoms with Crippen molar-refractivity contribution in [1.82, 2.24) is 10.2 Å². The summed E-state index contributed by atoms with van der Waals surface area (Å²) in [7, 11) is 0. The van der Waals surface area contributed by atoms with Crippen molar-refractivity contribution in [1.29, 1.82) is 0 Å². The number of piperazine rings is 1. The maximum Gasteiger partial charge on any atom is 0.239 e. The van der Waals surface area contributed by atoms with E-state index in [1.165, 1.54) is 0 Å². The first-order chi connectivity index (χ1) is 7.68. The molecule has 90 valence electrons. The smallest absolute Gasteiger partial charge is 0.239 e. The minimum atomic E-state index is -0.155. The molecule has 4 heteroatoms. The Morgan fingerprint density at radius 3 is 2.69 bits per heavy atom. The summed E-state index contributed by atoms with van der Waals surface area (Å²) in [6, 6.07) is 0. The number of amides is 2. The maximum atomic E-state index is 12.4. The molecule has 1 aliphatic carbocycles. The highest BCUT2D eigenvalue weighted by atomic mass is 16.2. The molecule has 0 unspecified atom stereocenters. The van der Waals surface area contributed by atoms with Gasteiger partial charge in [0.1, 0.15) is 0 Å². The molecule has 2 rings (SSSR count). The van der Waals surface area contributed by atoms with Crippen LogP contribution in [-0.4, -0.2) is 36.3 Å². The molecule has 4 nitrogen and oxygen atoms in total. The number of carbonyl (C=O) groups excluding carboxylic acids is 2. The van der Waals surface area contributed by atoms with Crippen molar-refractivity contribution in [3.63, 3.8) is 0 Å². The Labute approximate surface area is 96.4 Å². The van der Waals surface area contributed by atoms with Gasteiger partial charge in [0.25, 0.3) is 0 Å².